The fraction of sp³-hybridized carbons (Fsp3) is 0.406. The number of amides is 5. The van der Waals surface area contributed by atoms with E-state index in [9.17, 15) is 29.1 Å². The van der Waals surface area contributed by atoms with E-state index in [1.807, 2.05) is 24.3 Å². The maximum absolute atomic E-state index is 14.1. The summed E-state index contributed by atoms with van der Waals surface area (Å²) in [6, 6.07) is 9.25. The number of para-hydroxylation sites is 1. The van der Waals surface area contributed by atoms with E-state index in [0.29, 0.717) is 31.4 Å². The van der Waals surface area contributed by atoms with Gasteiger partial charge in [0.25, 0.3) is 0 Å². The van der Waals surface area contributed by atoms with Crippen LogP contribution in [-0.4, -0.2) is 93.2 Å². The smallest absolute Gasteiger partial charge is 0.249 e. The second-order valence-corrected chi connectivity index (χ2v) is 11.6. The van der Waals surface area contributed by atoms with Crippen molar-refractivity contribution in [1.82, 2.24) is 25.4 Å². The van der Waals surface area contributed by atoms with E-state index < -0.39 is 60.2 Å². The molecule has 45 heavy (non-hydrogen) atoms. The van der Waals surface area contributed by atoms with Crippen LogP contribution in [0.3, 0.4) is 0 Å². The molecule has 2 aromatic carbocycles. The Labute approximate surface area is 260 Å². The lowest BCUT2D eigenvalue weighted by molar-refractivity contribution is -0.154. The minimum absolute atomic E-state index is 0.0270. The first-order valence-electron chi connectivity index (χ1n) is 15.2. The summed E-state index contributed by atoms with van der Waals surface area (Å²) >= 11 is 0. The molecule has 5 amide bonds. The Balaban J connectivity index is 1.50. The summed E-state index contributed by atoms with van der Waals surface area (Å²) in [5.74, 6) is -3.18. The molecule has 0 bridgehead atoms. The maximum atomic E-state index is 14.1. The molecule has 0 aliphatic carbocycles. The van der Waals surface area contributed by atoms with Gasteiger partial charge < -0.3 is 37.1 Å². The summed E-state index contributed by atoms with van der Waals surface area (Å²) in [6.07, 6.45) is 3.23. The number of fused-ring (bicyclic) bond motifs is 2. The quantitative estimate of drug-likeness (QED) is 0.203. The molecule has 3 heterocycles. The first-order valence-corrected chi connectivity index (χ1v) is 15.2. The molecule has 5 rings (SSSR count). The molecule has 2 fully saturated rings. The molecule has 0 spiro atoms. The van der Waals surface area contributed by atoms with Crippen LogP contribution in [0.2, 0.25) is 0 Å². The maximum Gasteiger partial charge on any atom is 0.249 e. The van der Waals surface area contributed by atoms with Gasteiger partial charge in [0, 0.05) is 30.1 Å². The van der Waals surface area contributed by atoms with Crippen LogP contribution in [0.15, 0.2) is 54.7 Å². The van der Waals surface area contributed by atoms with Crippen molar-refractivity contribution in [2.75, 3.05) is 19.6 Å². The van der Waals surface area contributed by atoms with E-state index in [1.165, 1.54) is 17.0 Å². The highest BCUT2D eigenvalue weighted by molar-refractivity contribution is 6.05. The van der Waals surface area contributed by atoms with Crippen LogP contribution in [0.25, 0.3) is 10.9 Å². The second kappa shape index (κ2) is 13.9. The molecular formula is C32H39N7O6. The number of hydrogen-bond donors (Lipinski definition) is 6. The molecule has 13 heteroatoms. The molecule has 3 aromatic rings. The monoisotopic (exact) mass is 617 g/mol. The number of rotatable bonds is 8. The first-order chi connectivity index (χ1) is 21.7. The highest BCUT2D eigenvalue weighted by atomic mass is 16.3. The zero-order valence-corrected chi connectivity index (χ0v) is 24.9. The van der Waals surface area contributed by atoms with Gasteiger partial charge in [-0.1, -0.05) is 30.3 Å². The summed E-state index contributed by atoms with van der Waals surface area (Å²) in [4.78, 5) is 74.4. The van der Waals surface area contributed by atoms with Crippen molar-refractivity contribution in [2.45, 2.75) is 62.7 Å². The summed E-state index contributed by atoms with van der Waals surface area (Å²) in [7, 11) is 0. The number of phenolic OH excluding ortho intramolecular Hbond substituents is 1. The number of aromatic hydroxyl groups is 1. The third-order valence-corrected chi connectivity index (χ3v) is 8.48. The van der Waals surface area contributed by atoms with Gasteiger partial charge in [0.05, 0.1) is 12.6 Å². The van der Waals surface area contributed by atoms with E-state index in [2.05, 4.69) is 15.6 Å². The zero-order valence-electron chi connectivity index (χ0n) is 24.9. The van der Waals surface area contributed by atoms with E-state index >= 15 is 0 Å². The predicted molar refractivity (Wildman–Crippen MR) is 165 cm³/mol. The van der Waals surface area contributed by atoms with Crippen LogP contribution in [0.5, 0.6) is 5.75 Å². The third-order valence-electron chi connectivity index (χ3n) is 8.48. The number of benzene rings is 2. The molecule has 0 unspecified atom stereocenters. The largest absolute Gasteiger partial charge is 0.508 e. The predicted octanol–water partition coefficient (Wildman–Crippen LogP) is 0.0543. The lowest BCUT2D eigenvalue weighted by atomic mass is 10.00. The van der Waals surface area contributed by atoms with E-state index in [0.717, 1.165) is 21.4 Å². The van der Waals surface area contributed by atoms with Gasteiger partial charge in [-0.3, -0.25) is 28.9 Å². The highest BCUT2D eigenvalue weighted by Gasteiger charge is 2.42. The first kappa shape index (κ1) is 31.7. The van der Waals surface area contributed by atoms with Gasteiger partial charge >= 0.3 is 0 Å². The van der Waals surface area contributed by atoms with Crippen molar-refractivity contribution >= 4 is 40.4 Å². The number of phenols is 1. The Morgan fingerprint density at radius 3 is 2.56 bits per heavy atom. The molecular weight excluding hydrogens is 578 g/mol. The topological polar surface area (TPSA) is 204 Å². The van der Waals surface area contributed by atoms with Crippen LogP contribution >= 0.6 is 0 Å². The summed E-state index contributed by atoms with van der Waals surface area (Å²) < 4.78 is 0. The molecule has 1 aromatic heterocycles. The number of aromatic amines is 1. The Bertz CT molecular complexity index is 1570. The SMILES string of the molecule is NCCC[C@@H]1C(=O)N[C@@H](Cc2c[nH]c3ccccc23)C(=O)N2CCC[C@@H]2C(=O)NCC(=O)N1C(=O)[C@@H](N)Cc1ccc(O)cc1. The Hall–Kier alpha value is -4.75. The molecule has 2 aliphatic heterocycles. The van der Waals surface area contributed by atoms with Gasteiger partial charge in [-0.25, -0.2) is 0 Å². The van der Waals surface area contributed by atoms with Gasteiger partial charge in [-0.2, -0.15) is 0 Å². The van der Waals surface area contributed by atoms with Crippen LogP contribution in [0.1, 0.15) is 36.8 Å². The van der Waals surface area contributed by atoms with Gasteiger partial charge in [0.15, 0.2) is 0 Å². The molecule has 0 radical (unpaired) electrons. The molecule has 238 valence electrons. The second-order valence-electron chi connectivity index (χ2n) is 11.6. The highest BCUT2D eigenvalue weighted by Crippen LogP contribution is 2.24. The molecule has 2 saturated heterocycles. The van der Waals surface area contributed by atoms with E-state index in [-0.39, 0.29) is 31.6 Å². The normalized spacial score (nSPS) is 22.0. The number of carbonyl (C=O) groups is 5. The lowest BCUT2D eigenvalue weighted by Crippen LogP contribution is -2.63. The number of carbonyl (C=O) groups excluding carboxylic acids is 5. The number of imide groups is 1. The average Bonchev–Trinajstić information content (AvgIpc) is 3.69. The summed E-state index contributed by atoms with van der Waals surface area (Å²) in [6.45, 7) is -0.0396. The summed E-state index contributed by atoms with van der Waals surface area (Å²) in [5, 5.41) is 15.9. The van der Waals surface area contributed by atoms with Gasteiger partial charge in [0.1, 0.15) is 23.9 Å². The standard InChI is InChI=1S/C32H39N7O6/c33-13-3-7-27-30(43)37-25(16-20-17-35-24-6-2-1-5-22(20)24)32(45)38-14-4-8-26(38)29(42)36-18-28(41)39(27)31(44)23(34)15-19-9-11-21(40)12-10-19/h1-2,5-6,9-12,17,23,25-27,35,40H,3-4,7-8,13-16,18,33-34H2,(H,36,42)(H,37,43)/t23-,25-,26+,27+/m0/s1. The number of nitrogens with one attached hydrogen (secondary N) is 3. The van der Waals surface area contributed by atoms with Crippen molar-refractivity contribution in [1.29, 1.82) is 0 Å². The molecule has 0 saturated carbocycles. The number of nitrogens with zero attached hydrogens (tertiary/aromatic N) is 2. The van der Waals surface area contributed by atoms with Crippen molar-refractivity contribution in [3.63, 3.8) is 0 Å². The van der Waals surface area contributed by atoms with Crippen molar-refractivity contribution in [3.8, 4) is 5.75 Å². The van der Waals surface area contributed by atoms with E-state index in [4.69, 9.17) is 11.5 Å². The van der Waals surface area contributed by atoms with Crippen molar-refractivity contribution < 1.29 is 29.1 Å². The molecule has 8 N–H and O–H groups in total. The molecule has 4 atom stereocenters. The molecule has 13 nitrogen and oxygen atoms in total. The number of hydrogen-bond acceptors (Lipinski definition) is 8. The fourth-order valence-corrected chi connectivity index (χ4v) is 6.15. The number of H-pyrrole nitrogens is 1. The van der Waals surface area contributed by atoms with Gasteiger partial charge in [-0.15, -0.1) is 0 Å². The Kier molecular flexibility index (Phi) is 9.79. The lowest BCUT2D eigenvalue weighted by Gasteiger charge is -2.35. The van der Waals surface area contributed by atoms with Crippen LogP contribution in [-0.2, 0) is 36.8 Å². The number of aromatic nitrogens is 1. The van der Waals surface area contributed by atoms with Gasteiger partial charge in [0.2, 0.25) is 29.5 Å². The van der Waals surface area contributed by atoms with Crippen molar-refractivity contribution in [2.24, 2.45) is 11.5 Å². The van der Waals surface area contributed by atoms with Gasteiger partial charge in [-0.05, 0) is 68.0 Å². The van der Waals surface area contributed by atoms with Crippen molar-refractivity contribution in [3.05, 3.63) is 65.9 Å². The Morgan fingerprint density at radius 1 is 1.04 bits per heavy atom. The minimum atomic E-state index is -1.33. The third kappa shape index (κ3) is 6.99. The zero-order chi connectivity index (χ0) is 32.1. The Morgan fingerprint density at radius 2 is 1.80 bits per heavy atom. The number of nitrogens with two attached hydrogens (primary N) is 2. The minimum Gasteiger partial charge on any atom is -0.508 e. The van der Waals surface area contributed by atoms with Crippen LogP contribution < -0.4 is 22.1 Å². The average molecular weight is 618 g/mol. The van der Waals surface area contributed by atoms with Crippen LogP contribution in [0, 0.1) is 0 Å². The molecule has 2 aliphatic rings. The fourth-order valence-electron chi connectivity index (χ4n) is 6.15. The summed E-state index contributed by atoms with van der Waals surface area (Å²) in [5.41, 5.74) is 14.4. The van der Waals surface area contributed by atoms with Crippen LogP contribution in [0.4, 0.5) is 0 Å². The van der Waals surface area contributed by atoms with E-state index in [1.54, 1.807) is 18.3 Å².